The summed E-state index contributed by atoms with van der Waals surface area (Å²) in [7, 11) is 0. The molecule has 0 fully saturated rings. The van der Waals surface area contributed by atoms with E-state index in [1.165, 1.54) is 18.6 Å². The van der Waals surface area contributed by atoms with Crippen molar-refractivity contribution in [3.8, 4) is 0 Å². The Morgan fingerprint density at radius 2 is 2.00 bits per heavy atom. The maximum Gasteiger partial charge on any atom is 0.158 e. The third-order valence-corrected chi connectivity index (χ3v) is 2.68. The van der Waals surface area contributed by atoms with Crippen LogP contribution in [0, 0.1) is 12.7 Å². The molecule has 3 aromatic heterocycles. The minimum Gasteiger partial charge on any atom is -0.244 e. The Bertz CT molecular complexity index is 692. The standard InChI is InChI=1S/C12H10FN5/c1-8-11-2-10(13)5-16-12(11)18(17-8)6-9-3-14-7-15-4-9/h2-5,7H,6H2,1H3. The highest BCUT2D eigenvalue weighted by molar-refractivity contribution is 5.77. The molecule has 0 spiro atoms. The van der Waals surface area contributed by atoms with Gasteiger partial charge in [-0.3, -0.25) is 0 Å². The third kappa shape index (κ3) is 1.81. The number of fused-ring (bicyclic) bond motifs is 1. The molecular weight excluding hydrogens is 233 g/mol. The lowest BCUT2D eigenvalue weighted by Gasteiger charge is -2.01. The number of pyridine rings is 1. The van der Waals surface area contributed by atoms with Crippen molar-refractivity contribution in [1.29, 1.82) is 0 Å². The first-order chi connectivity index (χ1) is 8.74. The van der Waals surface area contributed by atoms with Crippen LogP contribution in [0.2, 0.25) is 0 Å². The number of nitrogens with zero attached hydrogens (tertiary/aromatic N) is 5. The second-order valence-corrected chi connectivity index (χ2v) is 4.01. The van der Waals surface area contributed by atoms with E-state index in [-0.39, 0.29) is 5.82 Å². The topological polar surface area (TPSA) is 56.5 Å². The summed E-state index contributed by atoms with van der Waals surface area (Å²) in [5.41, 5.74) is 2.35. The van der Waals surface area contributed by atoms with Gasteiger partial charge in [-0.2, -0.15) is 5.10 Å². The van der Waals surface area contributed by atoms with Gasteiger partial charge in [-0.05, 0) is 13.0 Å². The molecule has 0 atom stereocenters. The number of rotatable bonds is 2. The molecule has 6 heteroatoms. The van der Waals surface area contributed by atoms with Crippen molar-refractivity contribution in [2.45, 2.75) is 13.5 Å². The van der Waals surface area contributed by atoms with E-state index in [4.69, 9.17) is 0 Å². The summed E-state index contributed by atoms with van der Waals surface area (Å²) in [5.74, 6) is -0.354. The van der Waals surface area contributed by atoms with Crippen LogP contribution in [-0.4, -0.2) is 24.7 Å². The summed E-state index contributed by atoms with van der Waals surface area (Å²) in [6, 6.07) is 1.45. The van der Waals surface area contributed by atoms with E-state index < -0.39 is 0 Å². The molecule has 3 rings (SSSR count). The molecule has 0 amide bonds. The molecular formula is C12H10FN5. The van der Waals surface area contributed by atoms with Gasteiger partial charge in [0.1, 0.15) is 12.1 Å². The SMILES string of the molecule is Cc1nn(Cc2cncnc2)c2ncc(F)cc12. The van der Waals surface area contributed by atoms with E-state index in [1.54, 1.807) is 17.1 Å². The summed E-state index contributed by atoms with van der Waals surface area (Å²) in [4.78, 5) is 12.0. The van der Waals surface area contributed by atoms with E-state index in [9.17, 15) is 4.39 Å². The molecule has 0 saturated heterocycles. The summed E-state index contributed by atoms with van der Waals surface area (Å²) in [6.07, 6.45) is 6.11. The minimum atomic E-state index is -0.354. The lowest BCUT2D eigenvalue weighted by atomic mass is 10.3. The molecule has 3 aromatic rings. The highest BCUT2D eigenvalue weighted by Gasteiger charge is 2.10. The van der Waals surface area contributed by atoms with Gasteiger partial charge in [0, 0.05) is 23.3 Å². The molecule has 3 heterocycles. The van der Waals surface area contributed by atoms with Gasteiger partial charge in [-0.1, -0.05) is 0 Å². The summed E-state index contributed by atoms with van der Waals surface area (Å²) in [5, 5.41) is 5.09. The lowest BCUT2D eigenvalue weighted by Crippen LogP contribution is -2.03. The zero-order chi connectivity index (χ0) is 12.5. The van der Waals surface area contributed by atoms with Crippen LogP contribution in [0.25, 0.3) is 11.0 Å². The molecule has 0 radical (unpaired) electrons. The predicted octanol–water partition coefficient (Wildman–Crippen LogP) is 1.72. The van der Waals surface area contributed by atoms with E-state index in [0.717, 1.165) is 16.6 Å². The molecule has 5 nitrogen and oxygen atoms in total. The average molecular weight is 243 g/mol. The Balaban J connectivity index is 2.08. The highest BCUT2D eigenvalue weighted by atomic mass is 19.1. The van der Waals surface area contributed by atoms with Crippen LogP contribution in [0.5, 0.6) is 0 Å². The van der Waals surface area contributed by atoms with Gasteiger partial charge in [0.25, 0.3) is 0 Å². The molecule has 0 aliphatic carbocycles. The molecule has 0 aliphatic rings. The number of halogens is 1. The van der Waals surface area contributed by atoms with Crippen molar-refractivity contribution in [2.75, 3.05) is 0 Å². The molecule has 18 heavy (non-hydrogen) atoms. The Kier molecular flexibility index (Phi) is 2.47. The predicted molar refractivity (Wildman–Crippen MR) is 63.4 cm³/mol. The summed E-state index contributed by atoms with van der Waals surface area (Å²) < 4.78 is 14.9. The van der Waals surface area contributed by atoms with Crippen molar-refractivity contribution >= 4 is 11.0 Å². The Morgan fingerprint density at radius 3 is 2.78 bits per heavy atom. The van der Waals surface area contributed by atoms with Crippen LogP contribution in [0.4, 0.5) is 4.39 Å². The van der Waals surface area contributed by atoms with Crippen LogP contribution in [0.15, 0.2) is 31.0 Å². The van der Waals surface area contributed by atoms with Crippen molar-refractivity contribution in [2.24, 2.45) is 0 Å². The van der Waals surface area contributed by atoms with E-state index >= 15 is 0 Å². The molecule has 0 unspecified atom stereocenters. The number of hydrogen-bond acceptors (Lipinski definition) is 4. The number of aromatic nitrogens is 5. The van der Waals surface area contributed by atoms with Gasteiger partial charge in [0.05, 0.1) is 18.4 Å². The second-order valence-electron chi connectivity index (χ2n) is 4.01. The quantitative estimate of drug-likeness (QED) is 0.687. The van der Waals surface area contributed by atoms with Gasteiger partial charge in [0.2, 0.25) is 0 Å². The molecule has 0 saturated carbocycles. The molecule has 0 aromatic carbocycles. The van der Waals surface area contributed by atoms with Gasteiger partial charge < -0.3 is 0 Å². The Labute approximate surface area is 102 Å². The average Bonchev–Trinajstić information content (AvgIpc) is 2.67. The molecule has 0 bridgehead atoms. The van der Waals surface area contributed by atoms with Crippen LogP contribution in [-0.2, 0) is 6.54 Å². The molecule has 90 valence electrons. The lowest BCUT2D eigenvalue weighted by molar-refractivity contribution is 0.622. The second kappa shape index (κ2) is 4.14. The van der Waals surface area contributed by atoms with Crippen molar-refractivity contribution in [1.82, 2.24) is 24.7 Å². The maximum absolute atomic E-state index is 13.1. The summed E-state index contributed by atoms with van der Waals surface area (Å²) in [6.45, 7) is 2.35. The first kappa shape index (κ1) is 10.8. The van der Waals surface area contributed by atoms with Gasteiger partial charge in [-0.15, -0.1) is 0 Å². The largest absolute Gasteiger partial charge is 0.244 e. The van der Waals surface area contributed by atoms with E-state index in [0.29, 0.717) is 12.2 Å². The highest BCUT2D eigenvalue weighted by Crippen LogP contribution is 2.17. The zero-order valence-corrected chi connectivity index (χ0v) is 9.71. The third-order valence-electron chi connectivity index (χ3n) is 2.68. The van der Waals surface area contributed by atoms with Gasteiger partial charge in [-0.25, -0.2) is 24.0 Å². The smallest absolute Gasteiger partial charge is 0.158 e. The molecule has 0 N–H and O–H groups in total. The molecule has 0 aliphatic heterocycles. The number of hydrogen-bond donors (Lipinski definition) is 0. The normalized spacial score (nSPS) is 11.0. The fraction of sp³-hybridized carbons (Fsp3) is 0.167. The van der Waals surface area contributed by atoms with Crippen LogP contribution < -0.4 is 0 Å². The van der Waals surface area contributed by atoms with E-state index in [1.807, 2.05) is 6.92 Å². The van der Waals surface area contributed by atoms with Crippen LogP contribution in [0.1, 0.15) is 11.3 Å². The monoisotopic (exact) mass is 243 g/mol. The zero-order valence-electron chi connectivity index (χ0n) is 9.71. The maximum atomic E-state index is 13.1. The Morgan fingerprint density at radius 1 is 1.22 bits per heavy atom. The minimum absolute atomic E-state index is 0.354. The fourth-order valence-electron chi connectivity index (χ4n) is 1.88. The van der Waals surface area contributed by atoms with E-state index in [2.05, 4.69) is 20.1 Å². The van der Waals surface area contributed by atoms with Crippen molar-refractivity contribution in [3.63, 3.8) is 0 Å². The summed E-state index contributed by atoms with van der Waals surface area (Å²) >= 11 is 0. The Hall–Kier alpha value is -2.37. The van der Waals surface area contributed by atoms with Gasteiger partial charge in [0.15, 0.2) is 5.65 Å². The number of aryl methyl sites for hydroxylation is 1. The van der Waals surface area contributed by atoms with Crippen LogP contribution in [0.3, 0.4) is 0 Å². The van der Waals surface area contributed by atoms with Gasteiger partial charge >= 0.3 is 0 Å². The van der Waals surface area contributed by atoms with Crippen LogP contribution >= 0.6 is 0 Å². The van der Waals surface area contributed by atoms with Crippen molar-refractivity contribution in [3.05, 3.63) is 48.1 Å². The van der Waals surface area contributed by atoms with Crippen molar-refractivity contribution < 1.29 is 4.39 Å². The first-order valence-electron chi connectivity index (χ1n) is 5.46. The first-order valence-corrected chi connectivity index (χ1v) is 5.46. The fourth-order valence-corrected chi connectivity index (χ4v) is 1.88.